The summed E-state index contributed by atoms with van der Waals surface area (Å²) in [6.45, 7) is 8.75. The Morgan fingerprint density at radius 2 is 2.23 bits per heavy atom. The molecule has 1 atom stereocenters. The molecule has 0 radical (unpaired) electrons. The van der Waals surface area contributed by atoms with Crippen LogP contribution in [0.1, 0.15) is 33.6 Å². The van der Waals surface area contributed by atoms with Gasteiger partial charge in [0.05, 0.1) is 6.54 Å². The first-order valence-corrected chi connectivity index (χ1v) is 5.19. The molecule has 13 heavy (non-hydrogen) atoms. The van der Waals surface area contributed by atoms with E-state index in [0.29, 0.717) is 0 Å². The van der Waals surface area contributed by atoms with Gasteiger partial charge in [-0.05, 0) is 31.8 Å². The van der Waals surface area contributed by atoms with Crippen molar-refractivity contribution in [3.63, 3.8) is 0 Å². The van der Waals surface area contributed by atoms with Crippen LogP contribution in [0.5, 0.6) is 0 Å². The maximum atomic E-state index is 4.51. The first-order chi connectivity index (χ1) is 6.22. The van der Waals surface area contributed by atoms with Crippen LogP contribution in [0.25, 0.3) is 0 Å². The Morgan fingerprint density at radius 3 is 2.85 bits per heavy atom. The van der Waals surface area contributed by atoms with Crippen LogP contribution < -0.4 is 0 Å². The lowest BCUT2D eigenvalue weighted by Crippen LogP contribution is -2.29. The number of hydrogen-bond acceptors (Lipinski definition) is 2. The van der Waals surface area contributed by atoms with Gasteiger partial charge in [-0.3, -0.25) is 4.99 Å². The molecule has 0 aliphatic carbocycles. The summed E-state index contributed by atoms with van der Waals surface area (Å²) in [6.07, 6.45) is 2.57. The highest BCUT2D eigenvalue weighted by Crippen LogP contribution is 2.33. The zero-order valence-corrected chi connectivity index (χ0v) is 8.80. The van der Waals surface area contributed by atoms with Crippen LogP contribution in [0.15, 0.2) is 16.3 Å². The minimum Gasteiger partial charge on any atom is -0.334 e. The van der Waals surface area contributed by atoms with E-state index in [2.05, 4.69) is 30.7 Å². The molecule has 0 amide bonds. The van der Waals surface area contributed by atoms with E-state index in [1.54, 1.807) is 5.70 Å². The van der Waals surface area contributed by atoms with Crippen LogP contribution in [-0.2, 0) is 0 Å². The third-order valence-corrected chi connectivity index (χ3v) is 3.25. The monoisotopic (exact) mass is 178 g/mol. The van der Waals surface area contributed by atoms with E-state index in [0.717, 1.165) is 12.5 Å². The van der Waals surface area contributed by atoms with E-state index in [4.69, 9.17) is 0 Å². The zero-order valence-electron chi connectivity index (χ0n) is 8.80. The van der Waals surface area contributed by atoms with Gasteiger partial charge in [0.1, 0.15) is 5.84 Å². The Morgan fingerprint density at radius 1 is 1.46 bits per heavy atom. The molecular formula is C11H18N2. The average molecular weight is 178 g/mol. The molecule has 0 unspecified atom stereocenters. The fourth-order valence-corrected chi connectivity index (χ4v) is 2.23. The predicted molar refractivity (Wildman–Crippen MR) is 55.8 cm³/mol. The first kappa shape index (κ1) is 8.79. The van der Waals surface area contributed by atoms with E-state index in [1.807, 2.05) is 0 Å². The fraction of sp³-hybridized carbons (Fsp3) is 0.727. The van der Waals surface area contributed by atoms with Gasteiger partial charge in [0, 0.05) is 12.2 Å². The lowest BCUT2D eigenvalue weighted by Gasteiger charge is -2.25. The van der Waals surface area contributed by atoms with E-state index in [9.17, 15) is 0 Å². The molecule has 2 heterocycles. The number of allylic oxidation sites excluding steroid dienone is 1. The van der Waals surface area contributed by atoms with Crippen molar-refractivity contribution in [2.45, 2.75) is 33.6 Å². The maximum absolute atomic E-state index is 4.51. The molecule has 2 aliphatic heterocycles. The molecule has 1 fully saturated rings. The van der Waals surface area contributed by atoms with Crippen molar-refractivity contribution >= 4 is 5.84 Å². The highest BCUT2D eigenvalue weighted by molar-refractivity contribution is 5.83. The van der Waals surface area contributed by atoms with Gasteiger partial charge in [0.2, 0.25) is 0 Å². The summed E-state index contributed by atoms with van der Waals surface area (Å²) >= 11 is 0. The zero-order chi connectivity index (χ0) is 9.42. The summed E-state index contributed by atoms with van der Waals surface area (Å²) in [5.74, 6) is 2.07. The van der Waals surface area contributed by atoms with Crippen LogP contribution in [0.2, 0.25) is 0 Å². The van der Waals surface area contributed by atoms with Crippen molar-refractivity contribution < 1.29 is 0 Å². The molecule has 0 bridgehead atoms. The van der Waals surface area contributed by atoms with Crippen molar-refractivity contribution in [1.29, 1.82) is 0 Å². The molecule has 0 N–H and O–H groups in total. The van der Waals surface area contributed by atoms with E-state index < -0.39 is 0 Å². The van der Waals surface area contributed by atoms with Crippen molar-refractivity contribution in [2.24, 2.45) is 10.9 Å². The van der Waals surface area contributed by atoms with Gasteiger partial charge in [-0.25, -0.2) is 0 Å². The third kappa shape index (κ3) is 1.38. The van der Waals surface area contributed by atoms with E-state index in [1.165, 1.54) is 30.8 Å². The van der Waals surface area contributed by atoms with Crippen LogP contribution in [0.3, 0.4) is 0 Å². The van der Waals surface area contributed by atoms with Gasteiger partial charge in [-0.15, -0.1) is 0 Å². The largest absolute Gasteiger partial charge is 0.334 e. The number of hydrogen-bond donors (Lipinski definition) is 0. The van der Waals surface area contributed by atoms with Gasteiger partial charge >= 0.3 is 0 Å². The quantitative estimate of drug-likeness (QED) is 0.602. The molecule has 0 aromatic rings. The van der Waals surface area contributed by atoms with Gasteiger partial charge < -0.3 is 4.90 Å². The van der Waals surface area contributed by atoms with Crippen molar-refractivity contribution in [2.75, 3.05) is 13.1 Å². The SMILES string of the molecule is CC[C@H]1CC2=C(C)CN=C(C)N2C1. The smallest absolute Gasteiger partial charge is 0.100 e. The molecule has 72 valence electrons. The second kappa shape index (κ2) is 3.17. The summed E-state index contributed by atoms with van der Waals surface area (Å²) < 4.78 is 0. The van der Waals surface area contributed by atoms with Crippen LogP contribution in [0.4, 0.5) is 0 Å². The number of rotatable bonds is 1. The Hall–Kier alpha value is -0.790. The second-order valence-corrected chi connectivity index (χ2v) is 4.18. The average Bonchev–Trinajstić information content (AvgIpc) is 2.56. The standard InChI is InChI=1S/C11H18N2/c1-4-10-5-11-8(2)6-12-9(3)13(11)7-10/h10H,4-7H2,1-3H3/t10-/m0/s1. The molecule has 0 spiro atoms. The summed E-state index contributed by atoms with van der Waals surface area (Å²) in [5.41, 5.74) is 3.03. The van der Waals surface area contributed by atoms with E-state index in [-0.39, 0.29) is 0 Å². The number of fused-ring (bicyclic) bond motifs is 1. The van der Waals surface area contributed by atoms with Gasteiger partial charge in [-0.1, -0.05) is 13.3 Å². The summed E-state index contributed by atoms with van der Waals surface area (Å²) in [5, 5.41) is 0. The Bertz CT molecular complexity index is 276. The van der Waals surface area contributed by atoms with Crippen molar-refractivity contribution in [1.82, 2.24) is 4.90 Å². The molecule has 2 aliphatic rings. The Kier molecular flexibility index (Phi) is 2.14. The van der Waals surface area contributed by atoms with Crippen molar-refractivity contribution in [3.05, 3.63) is 11.3 Å². The minimum atomic E-state index is 0.855. The Labute approximate surface area is 80.3 Å². The van der Waals surface area contributed by atoms with Crippen LogP contribution in [0, 0.1) is 5.92 Å². The summed E-state index contributed by atoms with van der Waals surface area (Å²) in [7, 11) is 0. The summed E-state index contributed by atoms with van der Waals surface area (Å²) in [4.78, 5) is 6.92. The third-order valence-electron chi connectivity index (χ3n) is 3.25. The van der Waals surface area contributed by atoms with Crippen molar-refractivity contribution in [3.8, 4) is 0 Å². The molecule has 2 rings (SSSR count). The maximum Gasteiger partial charge on any atom is 0.100 e. The highest BCUT2D eigenvalue weighted by Gasteiger charge is 2.29. The highest BCUT2D eigenvalue weighted by atomic mass is 15.2. The lowest BCUT2D eigenvalue weighted by atomic mass is 10.0. The normalized spacial score (nSPS) is 27.8. The summed E-state index contributed by atoms with van der Waals surface area (Å²) in [6, 6.07) is 0. The number of aliphatic imine (C=N–C) groups is 1. The topological polar surface area (TPSA) is 15.6 Å². The van der Waals surface area contributed by atoms with Gasteiger partial charge in [0.25, 0.3) is 0 Å². The molecule has 0 aromatic carbocycles. The number of amidine groups is 1. The lowest BCUT2D eigenvalue weighted by molar-refractivity contribution is 0.483. The predicted octanol–water partition coefficient (Wildman–Crippen LogP) is 2.42. The van der Waals surface area contributed by atoms with Gasteiger partial charge in [-0.2, -0.15) is 0 Å². The molecule has 0 saturated carbocycles. The molecular weight excluding hydrogens is 160 g/mol. The Balaban J connectivity index is 2.24. The number of nitrogens with zero attached hydrogens (tertiary/aromatic N) is 2. The molecule has 1 saturated heterocycles. The molecule has 2 nitrogen and oxygen atoms in total. The first-order valence-electron chi connectivity index (χ1n) is 5.19. The van der Waals surface area contributed by atoms with Gasteiger partial charge in [0.15, 0.2) is 0 Å². The fourth-order valence-electron chi connectivity index (χ4n) is 2.23. The second-order valence-electron chi connectivity index (χ2n) is 4.18. The molecule has 2 heteroatoms. The van der Waals surface area contributed by atoms with Crippen LogP contribution in [-0.4, -0.2) is 23.8 Å². The van der Waals surface area contributed by atoms with Crippen LogP contribution >= 0.6 is 0 Å². The van der Waals surface area contributed by atoms with E-state index >= 15 is 0 Å². The molecule has 0 aromatic heterocycles. The minimum absolute atomic E-state index is 0.855.